The van der Waals surface area contributed by atoms with E-state index >= 15 is 0 Å². The maximum atomic E-state index is 12.7. The van der Waals surface area contributed by atoms with E-state index in [1.807, 2.05) is 36.4 Å². The van der Waals surface area contributed by atoms with Crippen molar-refractivity contribution in [2.45, 2.75) is 19.8 Å². The molecule has 2 aromatic rings. The minimum absolute atomic E-state index is 0.0903. The maximum Gasteiger partial charge on any atom is 0.267 e. The second kappa shape index (κ2) is 8.25. The number of nitrogens with zero attached hydrogens (tertiary/aromatic N) is 1. The number of thioether (sulfide) groups is 1. The largest absolute Gasteiger partial charge is 0.366 e. The summed E-state index contributed by atoms with van der Waals surface area (Å²) >= 11 is 12.8. The van der Waals surface area contributed by atoms with Crippen LogP contribution in [0, 0.1) is 0 Å². The number of para-hydroxylation sites is 1. The van der Waals surface area contributed by atoms with Crippen molar-refractivity contribution in [3.63, 3.8) is 0 Å². The lowest BCUT2D eigenvalue weighted by Crippen LogP contribution is -2.33. The molecule has 1 heterocycles. The van der Waals surface area contributed by atoms with Crippen molar-refractivity contribution >= 4 is 57.6 Å². The number of thiocarbonyl (C=S) groups is 1. The van der Waals surface area contributed by atoms with E-state index in [9.17, 15) is 4.79 Å². The molecule has 3 nitrogen and oxygen atoms in total. The van der Waals surface area contributed by atoms with Crippen LogP contribution in [0.15, 0.2) is 53.4 Å². The van der Waals surface area contributed by atoms with E-state index in [0.717, 1.165) is 11.3 Å². The molecule has 1 fully saturated rings. The average molecular weight is 403 g/mol. The topological polar surface area (TPSA) is 32.3 Å². The molecule has 1 saturated heterocycles. The zero-order chi connectivity index (χ0) is 18.7. The molecule has 0 bridgehead atoms. The second-order valence-electron chi connectivity index (χ2n) is 6.25. The summed E-state index contributed by atoms with van der Waals surface area (Å²) in [5.74, 6) is 0.394. The van der Waals surface area contributed by atoms with Crippen LogP contribution < -0.4 is 5.32 Å². The fraction of sp³-hybridized carbons (Fsp3) is 0.200. The van der Waals surface area contributed by atoms with Crippen molar-refractivity contribution in [2.75, 3.05) is 12.0 Å². The Morgan fingerprint density at radius 3 is 2.54 bits per heavy atom. The summed E-state index contributed by atoms with van der Waals surface area (Å²) in [6.45, 7) is 4.61. The van der Waals surface area contributed by atoms with Gasteiger partial charge in [0.25, 0.3) is 5.91 Å². The van der Waals surface area contributed by atoms with E-state index in [2.05, 4.69) is 31.3 Å². The third kappa shape index (κ3) is 4.29. The molecular weight excluding hydrogens is 384 g/mol. The molecule has 134 valence electrons. The summed E-state index contributed by atoms with van der Waals surface area (Å²) in [6.07, 6.45) is 1.89. The Morgan fingerprint density at radius 1 is 1.19 bits per heavy atom. The van der Waals surface area contributed by atoms with Gasteiger partial charge in [0.2, 0.25) is 0 Å². The van der Waals surface area contributed by atoms with E-state index in [1.165, 1.54) is 17.3 Å². The van der Waals surface area contributed by atoms with Crippen LogP contribution in [0.4, 0.5) is 5.69 Å². The Kier molecular flexibility index (Phi) is 6.01. The first-order chi connectivity index (χ1) is 12.5. The number of anilines is 1. The highest BCUT2D eigenvalue weighted by Gasteiger charge is 2.31. The van der Waals surface area contributed by atoms with Crippen molar-refractivity contribution in [1.29, 1.82) is 0 Å². The van der Waals surface area contributed by atoms with Crippen molar-refractivity contribution in [3.05, 3.63) is 69.6 Å². The van der Waals surface area contributed by atoms with Gasteiger partial charge in [0.05, 0.1) is 22.3 Å². The van der Waals surface area contributed by atoms with Crippen LogP contribution in [0.3, 0.4) is 0 Å². The molecule has 2 aromatic carbocycles. The molecule has 1 aliphatic rings. The van der Waals surface area contributed by atoms with Gasteiger partial charge < -0.3 is 5.32 Å². The molecule has 1 aliphatic heterocycles. The molecule has 0 unspecified atom stereocenters. The highest BCUT2D eigenvalue weighted by molar-refractivity contribution is 8.26. The van der Waals surface area contributed by atoms with Crippen LogP contribution in [-0.2, 0) is 4.79 Å². The first-order valence-corrected chi connectivity index (χ1v) is 9.89. The van der Waals surface area contributed by atoms with Crippen molar-refractivity contribution in [1.82, 2.24) is 4.90 Å². The van der Waals surface area contributed by atoms with Crippen LogP contribution in [0.5, 0.6) is 0 Å². The summed E-state index contributed by atoms with van der Waals surface area (Å²) in [5.41, 5.74) is 3.05. The third-order valence-electron chi connectivity index (χ3n) is 4.08. The van der Waals surface area contributed by atoms with Gasteiger partial charge in [-0.15, -0.1) is 0 Å². The summed E-state index contributed by atoms with van der Waals surface area (Å²) in [7, 11) is 0. The lowest BCUT2D eigenvalue weighted by molar-refractivity contribution is -0.121. The zero-order valence-corrected chi connectivity index (χ0v) is 16.9. The molecule has 26 heavy (non-hydrogen) atoms. The SMILES string of the molecule is CC(C)c1ccc(/C=C2/SC(=S)N(CNc3ccccc3Cl)C2=O)cc1. The summed E-state index contributed by atoms with van der Waals surface area (Å²) in [4.78, 5) is 14.9. The number of hydrogen-bond acceptors (Lipinski definition) is 4. The van der Waals surface area contributed by atoms with E-state index < -0.39 is 0 Å². The number of rotatable bonds is 5. The summed E-state index contributed by atoms with van der Waals surface area (Å²) in [6, 6.07) is 15.7. The van der Waals surface area contributed by atoms with Crippen molar-refractivity contribution in [2.24, 2.45) is 0 Å². The van der Waals surface area contributed by atoms with Gasteiger partial charge in [0.1, 0.15) is 4.32 Å². The van der Waals surface area contributed by atoms with Crippen LogP contribution in [0.1, 0.15) is 30.9 Å². The Hall–Kier alpha value is -1.82. The Balaban J connectivity index is 1.71. The Bertz CT molecular complexity index is 862. The quantitative estimate of drug-likeness (QED) is 0.511. The van der Waals surface area contributed by atoms with E-state index in [1.54, 1.807) is 11.0 Å². The summed E-state index contributed by atoms with van der Waals surface area (Å²) < 4.78 is 0.541. The smallest absolute Gasteiger partial charge is 0.267 e. The highest BCUT2D eigenvalue weighted by atomic mass is 35.5. The normalized spacial score (nSPS) is 16.0. The van der Waals surface area contributed by atoms with Crippen LogP contribution in [-0.4, -0.2) is 21.8 Å². The number of hydrogen-bond donors (Lipinski definition) is 1. The fourth-order valence-electron chi connectivity index (χ4n) is 2.53. The minimum Gasteiger partial charge on any atom is -0.366 e. The lowest BCUT2D eigenvalue weighted by Gasteiger charge is -2.16. The number of benzene rings is 2. The second-order valence-corrected chi connectivity index (χ2v) is 8.33. The fourth-order valence-corrected chi connectivity index (χ4v) is 3.99. The Morgan fingerprint density at radius 2 is 1.88 bits per heavy atom. The number of carbonyl (C=O) groups is 1. The number of carbonyl (C=O) groups excluding carboxylic acids is 1. The zero-order valence-electron chi connectivity index (χ0n) is 14.5. The minimum atomic E-state index is -0.0903. The molecule has 3 rings (SSSR count). The van der Waals surface area contributed by atoms with Gasteiger partial charge in [0.15, 0.2) is 0 Å². The molecule has 0 aliphatic carbocycles. The van der Waals surface area contributed by atoms with Gasteiger partial charge in [-0.1, -0.05) is 85.8 Å². The Labute approximate surface area is 168 Å². The summed E-state index contributed by atoms with van der Waals surface area (Å²) in [5, 5.41) is 3.78. The number of nitrogens with one attached hydrogen (secondary N) is 1. The first-order valence-electron chi connectivity index (χ1n) is 8.29. The van der Waals surface area contributed by atoms with Gasteiger partial charge in [-0.3, -0.25) is 9.69 Å². The number of halogens is 1. The van der Waals surface area contributed by atoms with Gasteiger partial charge in [-0.05, 0) is 35.3 Å². The van der Waals surface area contributed by atoms with Crippen molar-refractivity contribution < 1.29 is 4.79 Å². The number of amides is 1. The lowest BCUT2D eigenvalue weighted by atomic mass is 10.0. The molecule has 1 amide bonds. The molecule has 6 heteroatoms. The monoisotopic (exact) mass is 402 g/mol. The van der Waals surface area contributed by atoms with Gasteiger partial charge in [-0.25, -0.2) is 0 Å². The molecule has 0 spiro atoms. The standard InChI is InChI=1S/C20H19ClN2OS2/c1-13(2)15-9-7-14(8-10-15)11-18-19(24)23(20(25)26-18)12-22-17-6-4-3-5-16(17)21/h3-11,13,22H,12H2,1-2H3/b18-11+. The predicted molar refractivity (Wildman–Crippen MR) is 115 cm³/mol. The average Bonchev–Trinajstić information content (AvgIpc) is 2.88. The van der Waals surface area contributed by atoms with Crippen LogP contribution >= 0.6 is 35.6 Å². The highest BCUT2D eigenvalue weighted by Crippen LogP contribution is 2.33. The molecule has 0 aromatic heterocycles. The van der Waals surface area contributed by atoms with Gasteiger partial charge in [-0.2, -0.15) is 0 Å². The predicted octanol–water partition coefficient (Wildman–Crippen LogP) is 5.73. The third-order valence-corrected chi connectivity index (χ3v) is 5.78. The van der Waals surface area contributed by atoms with Gasteiger partial charge in [0, 0.05) is 0 Å². The van der Waals surface area contributed by atoms with E-state index in [4.69, 9.17) is 23.8 Å². The molecule has 1 N–H and O–H groups in total. The van der Waals surface area contributed by atoms with Crippen LogP contribution in [0.2, 0.25) is 5.02 Å². The molecule has 0 atom stereocenters. The van der Waals surface area contributed by atoms with E-state index in [-0.39, 0.29) is 12.6 Å². The first kappa shape index (κ1) is 19.0. The molecule has 0 radical (unpaired) electrons. The van der Waals surface area contributed by atoms with Crippen molar-refractivity contribution in [3.8, 4) is 0 Å². The van der Waals surface area contributed by atoms with E-state index in [0.29, 0.717) is 20.2 Å². The molecular formula is C20H19ClN2OS2. The van der Waals surface area contributed by atoms with Crippen LogP contribution in [0.25, 0.3) is 6.08 Å². The van der Waals surface area contributed by atoms with Gasteiger partial charge >= 0.3 is 0 Å². The molecule has 0 saturated carbocycles. The maximum absolute atomic E-state index is 12.7.